The largest absolute Gasteiger partial charge is 0.444 e. The molecular weight excluding hydrogens is 206 g/mol. The summed E-state index contributed by atoms with van der Waals surface area (Å²) in [6.07, 6.45) is 4.16. The average Bonchev–Trinajstić information content (AvgIpc) is 2.74. The lowest BCUT2D eigenvalue weighted by Gasteiger charge is -2.02. The molecule has 2 aromatic rings. The van der Waals surface area contributed by atoms with Gasteiger partial charge in [-0.2, -0.15) is 4.98 Å². The van der Waals surface area contributed by atoms with E-state index >= 15 is 0 Å². The van der Waals surface area contributed by atoms with Gasteiger partial charge in [-0.15, -0.1) is 0 Å². The van der Waals surface area contributed by atoms with Crippen molar-refractivity contribution in [3.8, 4) is 0 Å². The molecule has 16 heavy (non-hydrogen) atoms. The van der Waals surface area contributed by atoms with Crippen LogP contribution in [0.3, 0.4) is 0 Å². The van der Waals surface area contributed by atoms with E-state index < -0.39 is 0 Å². The molecule has 3 N–H and O–H groups in total. The van der Waals surface area contributed by atoms with E-state index in [1.54, 1.807) is 18.5 Å². The Balaban J connectivity index is 1.96. The van der Waals surface area contributed by atoms with Crippen molar-refractivity contribution in [2.45, 2.75) is 19.9 Å². The summed E-state index contributed by atoms with van der Waals surface area (Å²) in [6.45, 7) is 2.50. The first-order chi connectivity index (χ1) is 7.78. The fourth-order valence-electron chi connectivity index (χ4n) is 1.23. The first-order valence-corrected chi connectivity index (χ1v) is 5.04. The summed E-state index contributed by atoms with van der Waals surface area (Å²) < 4.78 is 5.44. The predicted octanol–water partition coefficient (Wildman–Crippen LogP) is 1.22. The predicted molar refractivity (Wildman–Crippen MR) is 59.7 cm³/mol. The second-order valence-corrected chi connectivity index (χ2v) is 3.23. The summed E-state index contributed by atoms with van der Waals surface area (Å²) in [7, 11) is 0. The molecule has 0 spiro atoms. The van der Waals surface area contributed by atoms with Gasteiger partial charge in [-0.1, -0.05) is 6.92 Å². The molecule has 84 valence electrons. The monoisotopic (exact) mass is 219 g/mol. The van der Waals surface area contributed by atoms with Gasteiger partial charge in [0.05, 0.1) is 12.7 Å². The fourth-order valence-corrected chi connectivity index (χ4v) is 1.23. The number of aromatic nitrogens is 3. The molecule has 2 aromatic heterocycles. The van der Waals surface area contributed by atoms with Gasteiger partial charge in [0.1, 0.15) is 11.6 Å². The molecule has 0 saturated carbocycles. The minimum atomic E-state index is 0.242. The van der Waals surface area contributed by atoms with Crippen LogP contribution in [-0.2, 0) is 13.0 Å². The maximum absolute atomic E-state index is 5.45. The van der Waals surface area contributed by atoms with Crippen molar-refractivity contribution in [1.82, 2.24) is 15.0 Å². The van der Waals surface area contributed by atoms with Crippen molar-refractivity contribution < 1.29 is 4.42 Å². The Kier molecular flexibility index (Phi) is 3.00. The van der Waals surface area contributed by atoms with Gasteiger partial charge in [-0.25, -0.2) is 9.97 Å². The lowest BCUT2D eigenvalue weighted by Crippen LogP contribution is -2.03. The van der Waals surface area contributed by atoms with Crippen molar-refractivity contribution >= 4 is 11.8 Å². The van der Waals surface area contributed by atoms with Gasteiger partial charge < -0.3 is 15.5 Å². The molecule has 0 fully saturated rings. The Hall–Kier alpha value is -2.11. The molecule has 0 aliphatic heterocycles. The standard InChI is InChI=1S/C10H13N5O/c1-2-7-5-14-9(16-7)6-13-8-3-4-12-10(11)15-8/h3-5H,2,6H2,1H3,(H3,11,12,13,15). The summed E-state index contributed by atoms with van der Waals surface area (Å²) >= 11 is 0. The molecule has 2 rings (SSSR count). The SMILES string of the molecule is CCc1cnc(CNc2ccnc(N)n2)o1. The van der Waals surface area contributed by atoms with Crippen LogP contribution in [0.1, 0.15) is 18.6 Å². The zero-order valence-electron chi connectivity index (χ0n) is 8.97. The van der Waals surface area contributed by atoms with Gasteiger partial charge in [0.15, 0.2) is 0 Å². The number of rotatable bonds is 4. The van der Waals surface area contributed by atoms with Crippen LogP contribution >= 0.6 is 0 Å². The molecule has 0 atom stereocenters. The highest BCUT2D eigenvalue weighted by Crippen LogP contribution is 2.08. The summed E-state index contributed by atoms with van der Waals surface area (Å²) in [5.41, 5.74) is 5.45. The number of oxazole rings is 1. The molecule has 0 saturated heterocycles. The van der Waals surface area contributed by atoms with Gasteiger partial charge in [0.25, 0.3) is 0 Å². The Labute approximate surface area is 92.9 Å². The van der Waals surface area contributed by atoms with Gasteiger partial charge >= 0.3 is 0 Å². The number of hydrogen-bond acceptors (Lipinski definition) is 6. The topological polar surface area (TPSA) is 89.9 Å². The van der Waals surface area contributed by atoms with Crippen LogP contribution in [0.4, 0.5) is 11.8 Å². The average molecular weight is 219 g/mol. The Morgan fingerprint density at radius 2 is 2.31 bits per heavy atom. The number of nitrogens with zero attached hydrogens (tertiary/aromatic N) is 3. The molecule has 0 amide bonds. The zero-order valence-corrected chi connectivity index (χ0v) is 8.97. The third-order valence-electron chi connectivity index (χ3n) is 2.04. The molecule has 6 nitrogen and oxygen atoms in total. The minimum absolute atomic E-state index is 0.242. The number of anilines is 2. The van der Waals surface area contributed by atoms with Crippen LogP contribution in [0.25, 0.3) is 0 Å². The Morgan fingerprint density at radius 1 is 1.44 bits per heavy atom. The smallest absolute Gasteiger partial charge is 0.221 e. The maximum Gasteiger partial charge on any atom is 0.221 e. The van der Waals surface area contributed by atoms with E-state index in [0.29, 0.717) is 18.3 Å². The second kappa shape index (κ2) is 4.61. The van der Waals surface area contributed by atoms with Crippen molar-refractivity contribution in [2.24, 2.45) is 0 Å². The highest BCUT2D eigenvalue weighted by Gasteiger charge is 2.02. The first kappa shape index (κ1) is 10.4. The second-order valence-electron chi connectivity index (χ2n) is 3.23. The zero-order chi connectivity index (χ0) is 11.4. The van der Waals surface area contributed by atoms with Crippen molar-refractivity contribution in [3.63, 3.8) is 0 Å². The van der Waals surface area contributed by atoms with Crippen molar-refractivity contribution in [3.05, 3.63) is 30.1 Å². The van der Waals surface area contributed by atoms with Crippen molar-refractivity contribution in [2.75, 3.05) is 11.1 Å². The highest BCUT2D eigenvalue weighted by atomic mass is 16.4. The molecular formula is C10H13N5O. The van der Waals surface area contributed by atoms with E-state index in [4.69, 9.17) is 10.2 Å². The molecule has 0 aliphatic rings. The third kappa shape index (κ3) is 2.47. The third-order valence-corrected chi connectivity index (χ3v) is 2.04. The van der Waals surface area contributed by atoms with Crippen LogP contribution in [0, 0.1) is 0 Å². The molecule has 2 heterocycles. The van der Waals surface area contributed by atoms with E-state index in [1.807, 2.05) is 6.92 Å². The number of aryl methyl sites for hydroxylation is 1. The molecule has 0 aromatic carbocycles. The van der Waals surface area contributed by atoms with Gasteiger partial charge in [-0.05, 0) is 6.07 Å². The van der Waals surface area contributed by atoms with Crippen molar-refractivity contribution in [1.29, 1.82) is 0 Å². The number of hydrogen-bond donors (Lipinski definition) is 2. The lowest BCUT2D eigenvalue weighted by molar-refractivity contribution is 0.465. The Morgan fingerprint density at radius 3 is 3.00 bits per heavy atom. The normalized spacial score (nSPS) is 10.3. The summed E-state index contributed by atoms with van der Waals surface area (Å²) in [5, 5.41) is 3.05. The van der Waals surface area contributed by atoms with Crippen LogP contribution in [-0.4, -0.2) is 15.0 Å². The van der Waals surface area contributed by atoms with E-state index in [9.17, 15) is 0 Å². The Bertz CT molecular complexity index is 468. The van der Waals surface area contributed by atoms with Crippen LogP contribution < -0.4 is 11.1 Å². The maximum atomic E-state index is 5.45. The van der Waals surface area contributed by atoms with E-state index in [1.165, 1.54) is 0 Å². The van der Waals surface area contributed by atoms with Gasteiger partial charge in [-0.3, -0.25) is 0 Å². The number of nitrogens with two attached hydrogens (primary N) is 1. The van der Waals surface area contributed by atoms with E-state index in [2.05, 4.69) is 20.3 Å². The fraction of sp³-hybridized carbons (Fsp3) is 0.300. The van der Waals surface area contributed by atoms with Crippen LogP contribution in [0.5, 0.6) is 0 Å². The van der Waals surface area contributed by atoms with E-state index in [0.717, 1.165) is 12.2 Å². The first-order valence-electron chi connectivity index (χ1n) is 5.04. The quantitative estimate of drug-likeness (QED) is 0.803. The summed E-state index contributed by atoms with van der Waals surface area (Å²) in [4.78, 5) is 11.9. The molecule has 0 radical (unpaired) electrons. The number of nitrogens with one attached hydrogen (secondary N) is 1. The molecule has 0 aliphatic carbocycles. The van der Waals surface area contributed by atoms with Gasteiger partial charge in [0.2, 0.25) is 11.8 Å². The summed E-state index contributed by atoms with van der Waals surface area (Å²) in [5.74, 6) is 2.41. The minimum Gasteiger partial charge on any atom is -0.444 e. The molecule has 6 heteroatoms. The highest BCUT2D eigenvalue weighted by molar-refractivity contribution is 5.37. The number of nitrogen functional groups attached to an aromatic ring is 1. The molecule has 0 unspecified atom stereocenters. The lowest BCUT2D eigenvalue weighted by atomic mass is 10.4. The summed E-state index contributed by atoms with van der Waals surface area (Å²) in [6, 6.07) is 1.74. The van der Waals surface area contributed by atoms with E-state index in [-0.39, 0.29) is 5.95 Å². The molecule has 0 bridgehead atoms. The van der Waals surface area contributed by atoms with Gasteiger partial charge in [0, 0.05) is 12.6 Å². The van der Waals surface area contributed by atoms with Crippen LogP contribution in [0.15, 0.2) is 22.9 Å². The van der Waals surface area contributed by atoms with Crippen LogP contribution in [0.2, 0.25) is 0 Å².